The summed E-state index contributed by atoms with van der Waals surface area (Å²) >= 11 is 0. The van der Waals surface area contributed by atoms with E-state index in [1.54, 1.807) is 0 Å². The SMILES string of the molecule is CCC(C)CCCCCCCCCCC(=O)O[C@H](COC(=O)CCCCCCCCC(C)C)COP(=O)(O)OC[C@H](O)COP(=O)(O)OC[C@@H](COC(=O)CCCCCCCCCCCCCCCCCC(C)C)OC(=O)CCCCCCCCC(C)CC. The minimum atomic E-state index is -4.95. The third-order valence-electron chi connectivity index (χ3n) is 16.8. The van der Waals surface area contributed by atoms with E-state index in [9.17, 15) is 43.2 Å². The molecule has 0 saturated heterocycles. The Hall–Kier alpha value is -1.94. The van der Waals surface area contributed by atoms with Crippen LogP contribution in [0, 0.1) is 23.7 Å². The van der Waals surface area contributed by atoms with Crippen molar-refractivity contribution in [2.24, 2.45) is 23.7 Å². The van der Waals surface area contributed by atoms with E-state index in [4.69, 9.17) is 37.0 Å². The lowest BCUT2D eigenvalue weighted by atomic mass is 9.99. The van der Waals surface area contributed by atoms with Crippen LogP contribution in [0.25, 0.3) is 0 Å². The van der Waals surface area contributed by atoms with E-state index in [0.717, 1.165) is 114 Å². The third kappa shape index (κ3) is 62.0. The van der Waals surface area contributed by atoms with Crippen LogP contribution in [0.2, 0.25) is 0 Å². The van der Waals surface area contributed by atoms with Crippen LogP contribution in [0.4, 0.5) is 0 Å². The summed E-state index contributed by atoms with van der Waals surface area (Å²) in [6.45, 7) is 14.0. The number of hydrogen-bond donors (Lipinski definition) is 3. The lowest BCUT2D eigenvalue weighted by molar-refractivity contribution is -0.161. The van der Waals surface area contributed by atoms with Gasteiger partial charge in [0.05, 0.1) is 26.4 Å². The van der Waals surface area contributed by atoms with Gasteiger partial charge in [-0.1, -0.05) is 293 Å². The Morgan fingerprint density at radius 2 is 0.539 bits per heavy atom. The molecule has 0 amide bonds. The highest BCUT2D eigenvalue weighted by atomic mass is 31.2. The summed E-state index contributed by atoms with van der Waals surface area (Å²) in [5, 5.41) is 10.6. The van der Waals surface area contributed by atoms with Gasteiger partial charge in [-0.3, -0.25) is 37.3 Å². The van der Waals surface area contributed by atoms with Gasteiger partial charge >= 0.3 is 39.5 Å². The second-order valence-corrected chi connectivity index (χ2v) is 29.6. The minimum Gasteiger partial charge on any atom is -0.462 e. The molecule has 0 aliphatic rings. The van der Waals surface area contributed by atoms with Crippen molar-refractivity contribution in [3.8, 4) is 0 Å². The van der Waals surface area contributed by atoms with Gasteiger partial charge < -0.3 is 33.8 Å². The topological polar surface area (TPSA) is 237 Å². The number of aliphatic hydroxyl groups is 1. The molecule has 0 saturated carbocycles. The Morgan fingerprint density at radius 3 is 0.798 bits per heavy atom. The lowest BCUT2D eigenvalue weighted by Crippen LogP contribution is -2.30. The Labute approximate surface area is 543 Å². The van der Waals surface area contributed by atoms with Gasteiger partial charge in [-0.2, -0.15) is 0 Å². The van der Waals surface area contributed by atoms with E-state index in [-0.39, 0.29) is 25.7 Å². The van der Waals surface area contributed by atoms with E-state index in [0.29, 0.717) is 31.6 Å². The first-order chi connectivity index (χ1) is 42.7. The van der Waals surface area contributed by atoms with Gasteiger partial charge in [0, 0.05) is 25.7 Å². The maximum atomic E-state index is 13.0. The second kappa shape index (κ2) is 59.8. The van der Waals surface area contributed by atoms with Crippen LogP contribution >= 0.6 is 15.6 Å². The Balaban J connectivity index is 5.19. The van der Waals surface area contributed by atoms with Crippen molar-refractivity contribution in [1.29, 1.82) is 0 Å². The molecule has 0 fully saturated rings. The first-order valence-corrected chi connectivity index (χ1v) is 39.3. The molecule has 89 heavy (non-hydrogen) atoms. The zero-order valence-electron chi connectivity index (χ0n) is 58.1. The van der Waals surface area contributed by atoms with Crippen molar-refractivity contribution >= 4 is 39.5 Å². The molecule has 0 aromatic carbocycles. The predicted octanol–water partition coefficient (Wildman–Crippen LogP) is 19.7. The van der Waals surface area contributed by atoms with E-state index >= 15 is 0 Å². The summed E-state index contributed by atoms with van der Waals surface area (Å²) in [7, 11) is -9.90. The summed E-state index contributed by atoms with van der Waals surface area (Å²) in [6, 6.07) is 0. The van der Waals surface area contributed by atoms with Gasteiger partial charge in [-0.05, 0) is 49.4 Å². The number of unbranched alkanes of at least 4 members (excludes halogenated alkanes) is 31. The van der Waals surface area contributed by atoms with Crippen LogP contribution in [-0.2, 0) is 65.4 Å². The van der Waals surface area contributed by atoms with E-state index < -0.39 is 97.5 Å². The molecule has 0 aliphatic carbocycles. The predicted molar refractivity (Wildman–Crippen MR) is 358 cm³/mol. The summed E-state index contributed by atoms with van der Waals surface area (Å²) in [6.07, 6.45) is 41.9. The van der Waals surface area contributed by atoms with Crippen LogP contribution < -0.4 is 0 Å². The van der Waals surface area contributed by atoms with E-state index in [2.05, 4.69) is 55.4 Å². The molecule has 19 heteroatoms. The fourth-order valence-corrected chi connectivity index (χ4v) is 12.0. The van der Waals surface area contributed by atoms with Crippen LogP contribution in [-0.4, -0.2) is 96.7 Å². The molecule has 0 aliphatic heterocycles. The second-order valence-electron chi connectivity index (χ2n) is 26.7. The summed E-state index contributed by atoms with van der Waals surface area (Å²) in [5.41, 5.74) is 0. The maximum Gasteiger partial charge on any atom is 0.472 e. The molecular weight excluding hydrogens is 1170 g/mol. The quantitative estimate of drug-likeness (QED) is 0.0222. The fraction of sp³-hybridized carbons (Fsp3) is 0.943. The number of hydrogen-bond acceptors (Lipinski definition) is 15. The van der Waals surface area contributed by atoms with Crippen molar-refractivity contribution in [2.45, 2.75) is 363 Å². The number of phosphoric ester groups is 2. The average molecular weight is 1310 g/mol. The first-order valence-electron chi connectivity index (χ1n) is 36.3. The van der Waals surface area contributed by atoms with Gasteiger partial charge in [0.1, 0.15) is 19.3 Å². The van der Waals surface area contributed by atoms with Gasteiger partial charge in [0.15, 0.2) is 12.2 Å². The summed E-state index contributed by atoms with van der Waals surface area (Å²) < 4.78 is 68.2. The number of carbonyl (C=O) groups excluding carboxylic acids is 4. The summed E-state index contributed by atoms with van der Waals surface area (Å²) in [5.74, 6) is 0.840. The summed E-state index contributed by atoms with van der Waals surface area (Å²) in [4.78, 5) is 72.5. The van der Waals surface area contributed by atoms with Crippen molar-refractivity contribution in [1.82, 2.24) is 0 Å². The molecule has 0 heterocycles. The Kier molecular flexibility index (Phi) is 58.5. The highest BCUT2D eigenvalue weighted by Crippen LogP contribution is 2.45. The molecule has 3 N–H and O–H groups in total. The largest absolute Gasteiger partial charge is 0.472 e. The van der Waals surface area contributed by atoms with Gasteiger partial charge in [-0.25, -0.2) is 9.13 Å². The molecule has 4 unspecified atom stereocenters. The van der Waals surface area contributed by atoms with Crippen molar-refractivity contribution in [2.75, 3.05) is 39.6 Å². The number of esters is 4. The Bertz CT molecular complexity index is 1770. The van der Waals surface area contributed by atoms with Crippen LogP contribution in [0.5, 0.6) is 0 Å². The van der Waals surface area contributed by atoms with Gasteiger partial charge in [0.2, 0.25) is 0 Å². The zero-order chi connectivity index (χ0) is 66.1. The number of phosphoric acid groups is 2. The number of aliphatic hydroxyl groups excluding tert-OH is 1. The van der Waals surface area contributed by atoms with E-state index in [1.807, 2.05) is 0 Å². The zero-order valence-corrected chi connectivity index (χ0v) is 59.8. The van der Waals surface area contributed by atoms with Crippen LogP contribution in [0.15, 0.2) is 0 Å². The molecular formula is C70H136O17P2. The fourth-order valence-electron chi connectivity index (χ4n) is 10.4. The highest BCUT2D eigenvalue weighted by molar-refractivity contribution is 7.47. The lowest BCUT2D eigenvalue weighted by Gasteiger charge is -2.21. The molecule has 0 radical (unpaired) electrons. The minimum absolute atomic E-state index is 0.103. The maximum absolute atomic E-state index is 13.0. The molecule has 17 nitrogen and oxygen atoms in total. The normalized spacial score (nSPS) is 14.9. The smallest absolute Gasteiger partial charge is 0.462 e. The molecule has 0 aromatic heterocycles. The first kappa shape index (κ1) is 87.1. The number of rotatable bonds is 67. The molecule has 0 aromatic rings. The van der Waals surface area contributed by atoms with Crippen molar-refractivity contribution < 1.29 is 80.2 Å². The molecule has 0 rings (SSSR count). The third-order valence-corrected chi connectivity index (χ3v) is 18.7. The highest BCUT2D eigenvalue weighted by Gasteiger charge is 2.30. The Morgan fingerprint density at radius 1 is 0.315 bits per heavy atom. The van der Waals surface area contributed by atoms with Crippen LogP contribution in [0.3, 0.4) is 0 Å². The van der Waals surface area contributed by atoms with Crippen molar-refractivity contribution in [3.63, 3.8) is 0 Å². The van der Waals surface area contributed by atoms with E-state index in [1.165, 1.54) is 141 Å². The van der Waals surface area contributed by atoms with Crippen molar-refractivity contribution in [3.05, 3.63) is 0 Å². The molecule has 7 atom stereocenters. The van der Waals surface area contributed by atoms with Gasteiger partial charge in [-0.15, -0.1) is 0 Å². The monoisotopic (exact) mass is 1310 g/mol. The number of ether oxygens (including phenoxy) is 4. The number of carbonyl (C=O) groups is 4. The average Bonchev–Trinajstić information content (AvgIpc) is 3.62. The molecule has 528 valence electrons. The van der Waals surface area contributed by atoms with Crippen LogP contribution in [0.1, 0.15) is 344 Å². The van der Waals surface area contributed by atoms with Gasteiger partial charge in [0.25, 0.3) is 0 Å². The standard InChI is InChI=1S/C70H136O17P2/c1-9-62(7)48-40-32-23-20-21-25-36-44-52-69(74)86-65(57-81-68(73)51-43-35-28-26-31-39-47-61(5)6)58-84-88(76,77)82-54-64(71)55-83-89(78,79)85-59-66(87-70(75)53-45-37-29-27-33-41-49-63(8)10-2)56-80-67(72)50-42-34-24-19-17-15-13-11-12-14-16-18-22-30-38-46-60(3)4/h60-66,71H,9-59H2,1-8H3,(H,76,77)(H,78,79)/t62?,63?,64-,65+,66+/m0/s1. The molecule has 0 spiro atoms. The molecule has 0 bridgehead atoms.